The molecule has 1 aromatic carbocycles. The Morgan fingerprint density at radius 1 is 1.25 bits per heavy atom. The molecule has 0 spiro atoms. The van der Waals surface area contributed by atoms with Gasteiger partial charge < -0.3 is 10.6 Å². The van der Waals surface area contributed by atoms with Crippen LogP contribution in [0.3, 0.4) is 0 Å². The summed E-state index contributed by atoms with van der Waals surface area (Å²) in [6.45, 7) is 0.679. The highest BCUT2D eigenvalue weighted by atomic mass is 79.9. The first-order valence-electron chi connectivity index (χ1n) is 6.48. The number of amides is 1. The van der Waals surface area contributed by atoms with Crippen LogP contribution in [-0.2, 0) is 17.8 Å². The number of hydrogen-bond donors (Lipinski definition) is 2. The Kier molecular flexibility index (Phi) is 3.69. The third-order valence-electron chi connectivity index (χ3n) is 3.26. The number of nitrogens with one attached hydrogen (secondary N) is 2. The van der Waals surface area contributed by atoms with E-state index in [1.54, 1.807) is 6.20 Å². The minimum absolute atomic E-state index is 0.0947. The number of carbonyl (C=O) groups excluding carboxylic acids is 1. The number of aryl methyl sites for hydroxylation is 1. The lowest BCUT2D eigenvalue weighted by Crippen LogP contribution is -2.19. The highest BCUT2D eigenvalue weighted by molar-refractivity contribution is 9.10. The second kappa shape index (κ2) is 5.63. The summed E-state index contributed by atoms with van der Waals surface area (Å²) in [7, 11) is 0. The molecule has 0 bridgehead atoms. The van der Waals surface area contributed by atoms with Crippen LogP contribution in [0.1, 0.15) is 17.7 Å². The van der Waals surface area contributed by atoms with E-state index < -0.39 is 0 Å². The van der Waals surface area contributed by atoms with Gasteiger partial charge in [-0.3, -0.25) is 9.78 Å². The topological polar surface area (TPSA) is 54.0 Å². The molecule has 2 N–H and O–H groups in total. The molecule has 2 aromatic rings. The van der Waals surface area contributed by atoms with Gasteiger partial charge in [0.1, 0.15) is 0 Å². The number of pyridine rings is 1. The van der Waals surface area contributed by atoms with E-state index in [9.17, 15) is 4.79 Å². The second-order valence-electron chi connectivity index (χ2n) is 4.74. The number of aromatic nitrogens is 1. The van der Waals surface area contributed by atoms with Crippen LogP contribution < -0.4 is 10.6 Å². The van der Waals surface area contributed by atoms with Crippen molar-refractivity contribution in [2.45, 2.75) is 19.4 Å². The maximum Gasteiger partial charge on any atom is 0.224 e. The van der Waals surface area contributed by atoms with Crippen molar-refractivity contribution in [3.8, 4) is 0 Å². The van der Waals surface area contributed by atoms with Gasteiger partial charge >= 0.3 is 0 Å². The first-order chi connectivity index (χ1) is 9.70. The van der Waals surface area contributed by atoms with E-state index in [1.165, 1.54) is 5.56 Å². The monoisotopic (exact) mass is 331 g/mol. The number of benzene rings is 1. The van der Waals surface area contributed by atoms with Crippen LogP contribution in [0.5, 0.6) is 0 Å². The fourth-order valence-electron chi connectivity index (χ4n) is 2.20. The Balaban J connectivity index is 1.69. The zero-order chi connectivity index (χ0) is 13.9. The number of hydrogen-bond acceptors (Lipinski definition) is 3. The summed E-state index contributed by atoms with van der Waals surface area (Å²) in [6.07, 6.45) is 3.15. The molecule has 0 atom stereocenters. The van der Waals surface area contributed by atoms with Crippen molar-refractivity contribution in [1.82, 2.24) is 4.98 Å². The predicted molar refractivity (Wildman–Crippen MR) is 82.7 cm³/mol. The van der Waals surface area contributed by atoms with E-state index in [4.69, 9.17) is 0 Å². The van der Waals surface area contributed by atoms with Crippen LogP contribution in [0.15, 0.2) is 41.0 Å². The molecule has 3 rings (SSSR count). The molecule has 0 radical (unpaired) electrons. The standard InChI is InChI=1S/C15H14BrN3O/c16-11-2-3-13(17-8-11)9-18-12-4-5-14-10(7-12)1-6-15(20)19-14/h2-5,7-8,18H,1,6,9H2,(H,19,20). The first kappa shape index (κ1) is 13.1. The summed E-state index contributed by atoms with van der Waals surface area (Å²) >= 11 is 3.37. The highest BCUT2D eigenvalue weighted by Gasteiger charge is 2.14. The number of anilines is 2. The van der Waals surface area contributed by atoms with Crippen LogP contribution in [0.4, 0.5) is 11.4 Å². The average molecular weight is 332 g/mol. The summed E-state index contributed by atoms with van der Waals surface area (Å²) in [5.74, 6) is 0.0947. The fraction of sp³-hybridized carbons (Fsp3) is 0.200. The van der Waals surface area contributed by atoms with Crippen molar-refractivity contribution >= 4 is 33.2 Å². The van der Waals surface area contributed by atoms with Crippen LogP contribution in [0.2, 0.25) is 0 Å². The molecule has 2 heterocycles. The van der Waals surface area contributed by atoms with Crippen molar-refractivity contribution in [1.29, 1.82) is 0 Å². The van der Waals surface area contributed by atoms with E-state index >= 15 is 0 Å². The number of rotatable bonds is 3. The molecular formula is C15H14BrN3O. The van der Waals surface area contributed by atoms with Gasteiger partial charge in [-0.2, -0.15) is 0 Å². The molecule has 4 nitrogen and oxygen atoms in total. The molecule has 0 unspecified atom stereocenters. The normalized spacial score (nSPS) is 13.6. The number of carbonyl (C=O) groups is 1. The molecule has 20 heavy (non-hydrogen) atoms. The van der Waals surface area contributed by atoms with Gasteiger partial charge in [-0.15, -0.1) is 0 Å². The van der Waals surface area contributed by atoms with Crippen LogP contribution in [-0.4, -0.2) is 10.9 Å². The number of nitrogens with zero attached hydrogens (tertiary/aromatic N) is 1. The Hall–Kier alpha value is -1.88. The van der Waals surface area contributed by atoms with Crippen molar-refractivity contribution in [3.05, 3.63) is 52.3 Å². The lowest BCUT2D eigenvalue weighted by molar-refractivity contribution is -0.116. The summed E-state index contributed by atoms with van der Waals surface area (Å²) in [4.78, 5) is 15.6. The van der Waals surface area contributed by atoms with Crippen molar-refractivity contribution < 1.29 is 4.79 Å². The van der Waals surface area contributed by atoms with E-state index in [0.717, 1.165) is 28.0 Å². The van der Waals surface area contributed by atoms with Gasteiger partial charge in [0.25, 0.3) is 0 Å². The summed E-state index contributed by atoms with van der Waals surface area (Å²) < 4.78 is 0.978. The maximum atomic E-state index is 11.3. The molecule has 102 valence electrons. The molecule has 1 aromatic heterocycles. The second-order valence-corrected chi connectivity index (χ2v) is 5.66. The van der Waals surface area contributed by atoms with Crippen molar-refractivity contribution in [3.63, 3.8) is 0 Å². The van der Waals surface area contributed by atoms with Crippen LogP contribution in [0, 0.1) is 0 Å². The lowest BCUT2D eigenvalue weighted by Gasteiger charge is -2.18. The number of halogens is 1. The van der Waals surface area contributed by atoms with Gasteiger partial charge in [0.2, 0.25) is 5.91 Å². The Labute approximate surface area is 125 Å². The molecule has 1 aliphatic heterocycles. The van der Waals surface area contributed by atoms with Gasteiger partial charge in [-0.05, 0) is 58.2 Å². The van der Waals surface area contributed by atoms with E-state index in [2.05, 4.69) is 37.6 Å². The molecule has 0 aliphatic carbocycles. The zero-order valence-corrected chi connectivity index (χ0v) is 12.4. The minimum atomic E-state index is 0.0947. The first-order valence-corrected chi connectivity index (χ1v) is 7.27. The Morgan fingerprint density at radius 3 is 2.95 bits per heavy atom. The van der Waals surface area contributed by atoms with Gasteiger partial charge in [0.05, 0.1) is 12.2 Å². The molecule has 1 amide bonds. The van der Waals surface area contributed by atoms with Crippen molar-refractivity contribution in [2.24, 2.45) is 0 Å². The predicted octanol–water partition coefficient (Wildman–Crippen LogP) is 3.34. The Bertz CT molecular complexity index is 640. The third-order valence-corrected chi connectivity index (χ3v) is 3.73. The zero-order valence-electron chi connectivity index (χ0n) is 10.8. The van der Waals surface area contributed by atoms with Gasteiger partial charge in [-0.1, -0.05) is 0 Å². The molecule has 0 saturated carbocycles. The van der Waals surface area contributed by atoms with Crippen LogP contribution in [0.25, 0.3) is 0 Å². The highest BCUT2D eigenvalue weighted by Crippen LogP contribution is 2.25. The third kappa shape index (κ3) is 2.99. The summed E-state index contributed by atoms with van der Waals surface area (Å²) in [6, 6.07) is 9.97. The largest absolute Gasteiger partial charge is 0.379 e. The maximum absolute atomic E-state index is 11.3. The van der Waals surface area contributed by atoms with E-state index in [0.29, 0.717) is 13.0 Å². The van der Waals surface area contributed by atoms with Gasteiger partial charge in [0.15, 0.2) is 0 Å². The molecular weight excluding hydrogens is 318 g/mol. The fourth-order valence-corrected chi connectivity index (χ4v) is 2.43. The molecule has 0 saturated heterocycles. The SMILES string of the molecule is O=C1CCc2cc(NCc3ccc(Br)cn3)ccc2N1. The minimum Gasteiger partial charge on any atom is -0.379 e. The number of fused-ring (bicyclic) bond motifs is 1. The van der Waals surface area contributed by atoms with E-state index in [1.807, 2.05) is 24.3 Å². The molecule has 5 heteroatoms. The molecule has 0 fully saturated rings. The summed E-state index contributed by atoms with van der Waals surface area (Å²) in [5.41, 5.74) is 4.13. The van der Waals surface area contributed by atoms with Gasteiger partial charge in [-0.25, -0.2) is 0 Å². The van der Waals surface area contributed by atoms with Gasteiger partial charge in [0, 0.05) is 28.5 Å². The molecule has 1 aliphatic rings. The average Bonchev–Trinajstić information content (AvgIpc) is 2.46. The van der Waals surface area contributed by atoms with E-state index in [-0.39, 0.29) is 5.91 Å². The lowest BCUT2D eigenvalue weighted by atomic mass is 10.0. The van der Waals surface area contributed by atoms with Crippen LogP contribution >= 0.6 is 15.9 Å². The smallest absolute Gasteiger partial charge is 0.224 e. The quantitative estimate of drug-likeness (QED) is 0.906. The Morgan fingerprint density at radius 2 is 2.15 bits per heavy atom. The van der Waals surface area contributed by atoms with Crippen molar-refractivity contribution in [2.75, 3.05) is 10.6 Å². The summed E-state index contributed by atoms with van der Waals surface area (Å²) in [5, 5.41) is 6.23.